The van der Waals surface area contributed by atoms with E-state index in [1.54, 1.807) is 0 Å². The molecule has 4 nitrogen and oxygen atoms in total. The van der Waals surface area contributed by atoms with Crippen LogP contribution in [-0.4, -0.2) is 22.3 Å². The molecule has 2 heterocycles. The molecule has 3 aromatic rings. The number of benzene rings is 2. The fourth-order valence-corrected chi connectivity index (χ4v) is 3.97. The van der Waals surface area contributed by atoms with Crippen LogP contribution in [0, 0.1) is 12.3 Å². The van der Waals surface area contributed by atoms with Crippen molar-refractivity contribution in [1.29, 1.82) is 0 Å². The monoisotopic (exact) mass is 376 g/mol. The number of nitrogens with zero attached hydrogens (tertiary/aromatic N) is 2. The Balaban J connectivity index is 1.63. The minimum atomic E-state index is -0.0512. The summed E-state index contributed by atoms with van der Waals surface area (Å²) in [6.07, 6.45) is 2.45. The van der Waals surface area contributed by atoms with Gasteiger partial charge in [0.05, 0.1) is 0 Å². The quantitative estimate of drug-likeness (QED) is 0.571. The van der Waals surface area contributed by atoms with E-state index in [1.807, 2.05) is 11.0 Å². The first-order valence-electron chi connectivity index (χ1n) is 10.1. The second-order valence-electron chi connectivity index (χ2n) is 9.09. The van der Waals surface area contributed by atoms with Gasteiger partial charge in [-0.05, 0) is 48.4 Å². The third-order valence-electron chi connectivity index (χ3n) is 5.30. The van der Waals surface area contributed by atoms with Crippen molar-refractivity contribution in [3.63, 3.8) is 0 Å². The summed E-state index contributed by atoms with van der Waals surface area (Å²) in [5.74, 6) is 0.855. The SMILES string of the molecule is Cc1cccc(-c2ccc3oc([C@@H]4CCCN4C(=O)CC(C)(C)C)nc3c2)c1. The van der Waals surface area contributed by atoms with E-state index in [0.717, 1.165) is 36.0 Å². The number of rotatable bonds is 3. The number of aryl methyl sites for hydroxylation is 1. The minimum absolute atomic E-state index is 0.0196. The first-order chi connectivity index (χ1) is 13.3. The smallest absolute Gasteiger partial charge is 0.223 e. The molecule has 1 saturated heterocycles. The largest absolute Gasteiger partial charge is 0.438 e. The molecule has 0 spiro atoms. The summed E-state index contributed by atoms with van der Waals surface area (Å²) in [7, 11) is 0. The summed E-state index contributed by atoms with van der Waals surface area (Å²) >= 11 is 0. The number of hydrogen-bond acceptors (Lipinski definition) is 3. The Morgan fingerprint density at radius 3 is 2.71 bits per heavy atom. The van der Waals surface area contributed by atoms with E-state index in [1.165, 1.54) is 11.1 Å². The molecule has 0 aliphatic carbocycles. The number of likely N-dealkylation sites (tertiary alicyclic amines) is 1. The summed E-state index contributed by atoms with van der Waals surface area (Å²) in [5, 5.41) is 0. The molecule has 4 heteroatoms. The molecular formula is C24H28N2O2. The topological polar surface area (TPSA) is 46.3 Å². The van der Waals surface area contributed by atoms with Gasteiger partial charge in [0.15, 0.2) is 5.58 Å². The van der Waals surface area contributed by atoms with Gasteiger partial charge in [0.1, 0.15) is 11.6 Å². The lowest BCUT2D eigenvalue weighted by Crippen LogP contribution is -2.33. The van der Waals surface area contributed by atoms with E-state index in [-0.39, 0.29) is 17.4 Å². The van der Waals surface area contributed by atoms with Gasteiger partial charge in [0, 0.05) is 13.0 Å². The lowest BCUT2D eigenvalue weighted by Gasteiger charge is -2.26. The molecule has 1 aliphatic rings. The fourth-order valence-electron chi connectivity index (χ4n) is 3.97. The number of carbonyl (C=O) groups excluding carboxylic acids is 1. The van der Waals surface area contributed by atoms with Crippen molar-refractivity contribution >= 4 is 17.0 Å². The van der Waals surface area contributed by atoms with Gasteiger partial charge in [-0.15, -0.1) is 0 Å². The van der Waals surface area contributed by atoms with Gasteiger partial charge in [-0.1, -0.05) is 56.7 Å². The summed E-state index contributed by atoms with van der Waals surface area (Å²) in [5.41, 5.74) is 5.15. The van der Waals surface area contributed by atoms with Crippen LogP contribution in [0.1, 0.15) is 57.5 Å². The third-order valence-corrected chi connectivity index (χ3v) is 5.30. The Morgan fingerprint density at radius 1 is 1.18 bits per heavy atom. The standard InChI is InChI=1S/C24H28N2O2/c1-16-7-5-8-17(13-16)18-10-11-21-19(14-18)25-23(28-21)20-9-6-12-26(20)22(27)15-24(2,3)4/h5,7-8,10-11,13-14,20H,6,9,12,15H2,1-4H3/t20-/m0/s1. The zero-order valence-corrected chi connectivity index (χ0v) is 17.2. The Labute approximate surface area is 166 Å². The number of aromatic nitrogens is 1. The maximum absolute atomic E-state index is 12.8. The van der Waals surface area contributed by atoms with Crippen molar-refractivity contribution in [3.05, 3.63) is 53.9 Å². The molecule has 1 atom stereocenters. The van der Waals surface area contributed by atoms with Crippen molar-refractivity contribution in [2.24, 2.45) is 5.41 Å². The molecule has 1 fully saturated rings. The highest BCUT2D eigenvalue weighted by Gasteiger charge is 2.34. The van der Waals surface area contributed by atoms with Crippen LogP contribution in [0.4, 0.5) is 0 Å². The summed E-state index contributed by atoms with van der Waals surface area (Å²) < 4.78 is 6.07. The van der Waals surface area contributed by atoms with Crippen LogP contribution < -0.4 is 0 Å². The van der Waals surface area contributed by atoms with Gasteiger partial charge < -0.3 is 9.32 Å². The molecule has 1 aliphatic heterocycles. The van der Waals surface area contributed by atoms with E-state index in [2.05, 4.69) is 64.1 Å². The van der Waals surface area contributed by atoms with E-state index in [0.29, 0.717) is 12.3 Å². The lowest BCUT2D eigenvalue weighted by molar-refractivity contribution is -0.134. The highest BCUT2D eigenvalue weighted by atomic mass is 16.3. The van der Waals surface area contributed by atoms with Gasteiger partial charge >= 0.3 is 0 Å². The molecular weight excluding hydrogens is 348 g/mol. The van der Waals surface area contributed by atoms with Crippen LogP contribution in [0.2, 0.25) is 0 Å². The average Bonchev–Trinajstić information content (AvgIpc) is 3.26. The van der Waals surface area contributed by atoms with Crippen LogP contribution in [0.15, 0.2) is 46.9 Å². The zero-order valence-electron chi connectivity index (χ0n) is 17.2. The Bertz CT molecular complexity index is 1010. The molecule has 0 radical (unpaired) electrons. The van der Waals surface area contributed by atoms with E-state index in [9.17, 15) is 4.79 Å². The van der Waals surface area contributed by atoms with Gasteiger partial charge in [0.25, 0.3) is 0 Å². The van der Waals surface area contributed by atoms with Gasteiger partial charge in [-0.2, -0.15) is 0 Å². The normalized spacial score (nSPS) is 17.4. The second-order valence-corrected chi connectivity index (χ2v) is 9.09. The van der Waals surface area contributed by atoms with Crippen LogP contribution in [0.25, 0.3) is 22.2 Å². The van der Waals surface area contributed by atoms with E-state index in [4.69, 9.17) is 9.40 Å². The van der Waals surface area contributed by atoms with Crippen LogP contribution >= 0.6 is 0 Å². The summed E-state index contributed by atoms with van der Waals surface area (Å²) in [6.45, 7) is 9.18. The first kappa shape index (κ1) is 18.7. The average molecular weight is 377 g/mol. The maximum atomic E-state index is 12.8. The van der Waals surface area contributed by atoms with Crippen molar-refractivity contribution in [1.82, 2.24) is 9.88 Å². The predicted octanol–water partition coefficient (Wildman–Crippen LogP) is 5.90. The Hall–Kier alpha value is -2.62. The Morgan fingerprint density at radius 2 is 1.96 bits per heavy atom. The van der Waals surface area contributed by atoms with Gasteiger partial charge in [-0.25, -0.2) is 4.98 Å². The summed E-state index contributed by atoms with van der Waals surface area (Å²) in [6, 6.07) is 14.5. The molecule has 0 saturated carbocycles. The highest BCUT2D eigenvalue weighted by Crippen LogP contribution is 2.36. The molecule has 2 aromatic carbocycles. The highest BCUT2D eigenvalue weighted by molar-refractivity contribution is 5.81. The second kappa shape index (κ2) is 7.08. The molecule has 0 bridgehead atoms. The molecule has 146 valence electrons. The van der Waals surface area contributed by atoms with E-state index < -0.39 is 0 Å². The number of amides is 1. The molecule has 1 aromatic heterocycles. The third kappa shape index (κ3) is 3.82. The van der Waals surface area contributed by atoms with Crippen LogP contribution in [0.5, 0.6) is 0 Å². The molecule has 4 rings (SSSR count). The minimum Gasteiger partial charge on any atom is -0.438 e. The van der Waals surface area contributed by atoms with Crippen molar-refractivity contribution in [2.45, 2.75) is 53.0 Å². The molecule has 1 amide bonds. The molecule has 28 heavy (non-hydrogen) atoms. The number of hydrogen-bond donors (Lipinski definition) is 0. The fraction of sp³-hybridized carbons (Fsp3) is 0.417. The zero-order chi connectivity index (χ0) is 19.9. The predicted molar refractivity (Wildman–Crippen MR) is 112 cm³/mol. The summed E-state index contributed by atoms with van der Waals surface area (Å²) in [4.78, 5) is 19.5. The number of fused-ring (bicyclic) bond motifs is 1. The van der Waals surface area contributed by atoms with Crippen molar-refractivity contribution < 1.29 is 9.21 Å². The molecule has 0 unspecified atom stereocenters. The number of oxazole rings is 1. The van der Waals surface area contributed by atoms with Gasteiger partial charge in [0.2, 0.25) is 11.8 Å². The Kier molecular flexibility index (Phi) is 4.74. The van der Waals surface area contributed by atoms with Crippen molar-refractivity contribution in [2.75, 3.05) is 6.54 Å². The van der Waals surface area contributed by atoms with E-state index >= 15 is 0 Å². The maximum Gasteiger partial charge on any atom is 0.223 e. The first-order valence-corrected chi connectivity index (χ1v) is 10.1. The van der Waals surface area contributed by atoms with Crippen LogP contribution in [-0.2, 0) is 4.79 Å². The van der Waals surface area contributed by atoms with Crippen molar-refractivity contribution in [3.8, 4) is 11.1 Å². The van der Waals surface area contributed by atoms with Crippen LogP contribution in [0.3, 0.4) is 0 Å². The number of carbonyl (C=O) groups is 1. The molecule has 0 N–H and O–H groups in total. The van der Waals surface area contributed by atoms with Gasteiger partial charge in [-0.3, -0.25) is 4.79 Å². The lowest BCUT2D eigenvalue weighted by atomic mass is 9.91.